The van der Waals surface area contributed by atoms with Crippen LogP contribution >= 0.6 is 0 Å². The fourth-order valence-corrected chi connectivity index (χ4v) is 6.78. The van der Waals surface area contributed by atoms with Gasteiger partial charge in [0.25, 0.3) is 5.79 Å². The van der Waals surface area contributed by atoms with Gasteiger partial charge in [-0.25, -0.2) is 0 Å². The maximum atomic E-state index is 13.3. The summed E-state index contributed by atoms with van der Waals surface area (Å²) >= 11 is 0. The SMILES string of the molecule is Cc1cccc2cccc(N3CCc4c(nc(OC[C@@H]5CCCN5C)nc4N4CCC(C(O)(O)C(F)(F)F)CC4)C3)c12. The van der Waals surface area contributed by atoms with Crippen LogP contribution in [0.1, 0.15) is 42.5 Å². The van der Waals surface area contributed by atoms with Crippen molar-refractivity contribution in [3.05, 3.63) is 53.2 Å². The predicted octanol–water partition coefficient (Wildman–Crippen LogP) is 4.43. The number of likely N-dealkylation sites (tertiary alicyclic amines) is 1. The van der Waals surface area contributed by atoms with Crippen LogP contribution in [0.15, 0.2) is 36.4 Å². The number of nitrogens with zero attached hydrogens (tertiary/aromatic N) is 5. The highest BCUT2D eigenvalue weighted by atomic mass is 19.4. The van der Waals surface area contributed by atoms with Gasteiger partial charge in [-0.15, -0.1) is 0 Å². The molecule has 2 aromatic carbocycles. The lowest BCUT2D eigenvalue weighted by Crippen LogP contribution is -2.54. The number of aliphatic hydroxyl groups is 2. The number of likely N-dealkylation sites (N-methyl/N-ethyl adjacent to an activating group) is 1. The van der Waals surface area contributed by atoms with Gasteiger partial charge in [0.1, 0.15) is 12.4 Å². The number of rotatable bonds is 6. The summed E-state index contributed by atoms with van der Waals surface area (Å²) in [6.45, 7) is 5.35. The molecule has 3 aromatic rings. The Hall–Kier alpha value is -3.15. The molecule has 4 heterocycles. The van der Waals surface area contributed by atoms with Crippen LogP contribution < -0.4 is 14.5 Å². The Bertz CT molecular complexity index is 1440. The van der Waals surface area contributed by atoms with Crippen molar-refractivity contribution < 1.29 is 28.1 Å². The fourth-order valence-electron chi connectivity index (χ4n) is 6.78. The van der Waals surface area contributed by atoms with Gasteiger partial charge in [0.15, 0.2) is 0 Å². The highest BCUT2D eigenvalue weighted by molar-refractivity contribution is 5.97. The quantitative estimate of drug-likeness (QED) is 0.411. The molecule has 1 aromatic heterocycles. The summed E-state index contributed by atoms with van der Waals surface area (Å²) in [6.07, 6.45) is -2.31. The third kappa shape index (κ3) is 5.38. The summed E-state index contributed by atoms with van der Waals surface area (Å²) in [7, 11) is 2.08. The Kier molecular flexibility index (Phi) is 7.69. The van der Waals surface area contributed by atoms with Crippen molar-refractivity contribution in [2.45, 2.75) is 63.6 Å². The molecule has 0 aliphatic carbocycles. The molecule has 11 heteroatoms. The molecule has 2 N–H and O–H groups in total. The molecule has 6 rings (SSSR count). The Morgan fingerprint density at radius 1 is 0.952 bits per heavy atom. The van der Waals surface area contributed by atoms with Crippen LogP contribution in [-0.4, -0.2) is 82.9 Å². The first-order valence-electron chi connectivity index (χ1n) is 14.8. The van der Waals surface area contributed by atoms with Crippen LogP contribution in [0.4, 0.5) is 24.7 Å². The molecule has 0 amide bonds. The molecule has 0 unspecified atom stereocenters. The Labute approximate surface area is 243 Å². The maximum Gasteiger partial charge on any atom is 0.443 e. The zero-order valence-electron chi connectivity index (χ0n) is 24.1. The number of hydrogen-bond donors (Lipinski definition) is 2. The van der Waals surface area contributed by atoms with Gasteiger partial charge in [-0.2, -0.15) is 23.1 Å². The van der Waals surface area contributed by atoms with Crippen molar-refractivity contribution in [3.8, 4) is 6.01 Å². The van der Waals surface area contributed by atoms with Crippen molar-refractivity contribution in [1.29, 1.82) is 0 Å². The molecule has 2 fully saturated rings. The molecular weight excluding hydrogens is 547 g/mol. The number of ether oxygens (including phenoxy) is 1. The molecule has 1 atom stereocenters. The van der Waals surface area contributed by atoms with Crippen molar-refractivity contribution >= 4 is 22.3 Å². The van der Waals surface area contributed by atoms with E-state index in [0.717, 1.165) is 42.9 Å². The second-order valence-electron chi connectivity index (χ2n) is 11.9. The van der Waals surface area contributed by atoms with Gasteiger partial charge in [-0.05, 0) is 69.6 Å². The monoisotopic (exact) mass is 585 g/mol. The van der Waals surface area contributed by atoms with E-state index in [1.54, 1.807) is 0 Å². The van der Waals surface area contributed by atoms with Crippen molar-refractivity contribution in [1.82, 2.24) is 14.9 Å². The van der Waals surface area contributed by atoms with E-state index in [1.165, 1.54) is 16.3 Å². The zero-order chi connectivity index (χ0) is 29.6. The minimum atomic E-state index is -5.11. The van der Waals surface area contributed by atoms with E-state index in [9.17, 15) is 23.4 Å². The van der Waals surface area contributed by atoms with Gasteiger partial charge in [0.2, 0.25) is 0 Å². The first-order chi connectivity index (χ1) is 20.0. The van der Waals surface area contributed by atoms with Gasteiger partial charge < -0.3 is 29.6 Å². The number of aromatic nitrogens is 2. The van der Waals surface area contributed by atoms with Crippen LogP contribution in [0.25, 0.3) is 10.8 Å². The normalized spacial score (nSPS) is 20.8. The first kappa shape index (κ1) is 28.9. The van der Waals surface area contributed by atoms with Gasteiger partial charge >= 0.3 is 12.2 Å². The van der Waals surface area contributed by atoms with E-state index in [-0.39, 0.29) is 38.0 Å². The average molecular weight is 586 g/mol. The van der Waals surface area contributed by atoms with Gasteiger partial charge in [-0.1, -0.05) is 30.3 Å². The topological polar surface area (TPSA) is 85.2 Å². The Morgan fingerprint density at radius 3 is 2.38 bits per heavy atom. The van der Waals surface area contributed by atoms with Crippen molar-refractivity contribution in [2.24, 2.45) is 5.92 Å². The summed E-state index contributed by atoms with van der Waals surface area (Å²) in [5.74, 6) is -4.33. The van der Waals surface area contributed by atoms with E-state index < -0.39 is 17.9 Å². The summed E-state index contributed by atoms with van der Waals surface area (Å²) in [4.78, 5) is 16.2. The van der Waals surface area contributed by atoms with E-state index in [0.29, 0.717) is 25.4 Å². The van der Waals surface area contributed by atoms with Gasteiger partial charge in [0.05, 0.1) is 12.2 Å². The largest absolute Gasteiger partial charge is 0.462 e. The molecular formula is C31H38F3N5O3. The van der Waals surface area contributed by atoms with Crippen molar-refractivity contribution in [3.63, 3.8) is 0 Å². The molecule has 0 saturated carbocycles. The van der Waals surface area contributed by atoms with Crippen LogP contribution in [0.5, 0.6) is 6.01 Å². The third-order valence-corrected chi connectivity index (χ3v) is 9.31. The molecule has 226 valence electrons. The molecule has 2 saturated heterocycles. The van der Waals surface area contributed by atoms with Crippen LogP contribution in [-0.2, 0) is 13.0 Å². The molecule has 0 spiro atoms. The Morgan fingerprint density at radius 2 is 1.69 bits per heavy atom. The second-order valence-corrected chi connectivity index (χ2v) is 11.9. The molecule has 3 aliphatic rings. The maximum absolute atomic E-state index is 13.3. The van der Waals surface area contributed by atoms with E-state index in [4.69, 9.17) is 14.7 Å². The highest BCUT2D eigenvalue weighted by Gasteiger charge is 2.58. The van der Waals surface area contributed by atoms with Crippen LogP contribution in [0.3, 0.4) is 0 Å². The summed E-state index contributed by atoms with van der Waals surface area (Å²) in [5, 5.41) is 22.1. The Balaban J connectivity index is 1.30. The van der Waals surface area contributed by atoms with Gasteiger partial charge in [0, 0.05) is 48.2 Å². The predicted molar refractivity (Wildman–Crippen MR) is 155 cm³/mol. The first-order valence-corrected chi connectivity index (χ1v) is 14.8. The van der Waals surface area contributed by atoms with Crippen molar-refractivity contribution in [2.75, 3.05) is 49.6 Å². The molecule has 0 bridgehead atoms. The van der Waals surface area contributed by atoms with Crippen LogP contribution in [0, 0.1) is 12.8 Å². The minimum Gasteiger partial charge on any atom is -0.462 e. The summed E-state index contributed by atoms with van der Waals surface area (Å²) in [6, 6.07) is 13.2. The van der Waals surface area contributed by atoms with E-state index >= 15 is 0 Å². The average Bonchev–Trinajstić information content (AvgIpc) is 3.39. The smallest absolute Gasteiger partial charge is 0.443 e. The number of fused-ring (bicyclic) bond motifs is 2. The lowest BCUT2D eigenvalue weighted by Gasteiger charge is -2.40. The molecule has 8 nitrogen and oxygen atoms in total. The lowest BCUT2D eigenvalue weighted by atomic mass is 9.87. The number of hydrogen-bond acceptors (Lipinski definition) is 8. The molecule has 3 aliphatic heterocycles. The number of halogens is 3. The highest BCUT2D eigenvalue weighted by Crippen LogP contribution is 2.41. The fraction of sp³-hybridized carbons (Fsp3) is 0.548. The molecule has 42 heavy (non-hydrogen) atoms. The van der Waals surface area contributed by atoms with Crippen LogP contribution in [0.2, 0.25) is 0 Å². The second kappa shape index (κ2) is 11.2. The number of piperidine rings is 1. The van der Waals surface area contributed by atoms with E-state index in [2.05, 4.69) is 60.2 Å². The number of aryl methyl sites for hydroxylation is 1. The molecule has 0 radical (unpaired) electrons. The number of anilines is 2. The standard InChI is InChI=1S/C31H38F3N5O3/c1-20-6-3-7-21-8-4-10-26(27(20)21)39-17-13-24-25(18-39)35-29(42-19-23-9-5-14-37(23)2)36-28(24)38-15-11-22(12-16-38)30(40,41)31(32,33)34/h3-4,6-8,10,22-23,40-41H,5,9,11-19H2,1-2H3/t23-/m0/s1. The number of alkyl halides is 3. The lowest BCUT2D eigenvalue weighted by molar-refractivity contribution is -0.371. The number of benzene rings is 2. The summed E-state index contributed by atoms with van der Waals surface area (Å²) in [5.41, 5.74) is 4.17. The zero-order valence-corrected chi connectivity index (χ0v) is 24.1. The minimum absolute atomic E-state index is 0.0181. The third-order valence-electron chi connectivity index (χ3n) is 9.31. The summed E-state index contributed by atoms with van der Waals surface area (Å²) < 4.78 is 46.1. The van der Waals surface area contributed by atoms with Gasteiger partial charge in [-0.3, -0.25) is 0 Å². The van der Waals surface area contributed by atoms with E-state index in [1.807, 2.05) is 4.90 Å².